The molecule has 0 saturated carbocycles. The summed E-state index contributed by atoms with van der Waals surface area (Å²) in [7, 11) is 6.02. The summed E-state index contributed by atoms with van der Waals surface area (Å²) in [5.41, 5.74) is 3.87. The van der Waals surface area contributed by atoms with Crippen molar-refractivity contribution in [1.29, 1.82) is 0 Å². The van der Waals surface area contributed by atoms with E-state index in [4.69, 9.17) is 0 Å². The molecule has 0 unspecified atom stereocenters. The van der Waals surface area contributed by atoms with Gasteiger partial charge in [-0.25, -0.2) is 4.98 Å². The van der Waals surface area contributed by atoms with Gasteiger partial charge in [0.2, 0.25) is 5.91 Å². The number of aromatic amines is 1. The second-order valence-electron chi connectivity index (χ2n) is 9.24. The molecule has 1 aromatic carbocycles. The second kappa shape index (κ2) is 9.30. The molecule has 1 amide bonds. The van der Waals surface area contributed by atoms with Crippen molar-refractivity contribution in [3.8, 4) is 0 Å². The van der Waals surface area contributed by atoms with Crippen molar-refractivity contribution in [3.05, 3.63) is 59.9 Å². The number of H-pyrrole nitrogens is 1. The monoisotopic (exact) mass is 457 g/mol. The maximum absolute atomic E-state index is 12.8. The Morgan fingerprint density at radius 2 is 2.03 bits per heavy atom. The normalized spacial score (nSPS) is 15.5. The number of carbonyl (C=O) groups excluding carboxylic acids is 1. The minimum absolute atomic E-state index is 0.0535. The SMILES string of the molecule is CN1CCC(Nc2n[nH]c3ncc(C=CC(=O)N(C)Cc4cc5ccccc5n4C)cc23)CC1. The molecule has 2 N–H and O–H groups in total. The Morgan fingerprint density at radius 3 is 2.82 bits per heavy atom. The minimum atomic E-state index is -0.0535. The molecule has 4 aromatic rings. The van der Waals surface area contributed by atoms with E-state index in [9.17, 15) is 4.79 Å². The number of piperidine rings is 1. The highest BCUT2D eigenvalue weighted by Crippen LogP contribution is 2.24. The van der Waals surface area contributed by atoms with E-state index in [0.29, 0.717) is 12.6 Å². The van der Waals surface area contributed by atoms with Gasteiger partial charge in [0.1, 0.15) is 0 Å². The van der Waals surface area contributed by atoms with Gasteiger partial charge in [-0.05, 0) is 68.2 Å². The molecule has 0 spiro atoms. The molecule has 0 atom stereocenters. The third-order valence-electron chi connectivity index (χ3n) is 6.74. The van der Waals surface area contributed by atoms with Crippen molar-refractivity contribution >= 4 is 39.7 Å². The molecule has 8 heteroatoms. The number of rotatable bonds is 6. The first kappa shape index (κ1) is 22.2. The second-order valence-corrected chi connectivity index (χ2v) is 9.24. The van der Waals surface area contributed by atoms with Crippen LogP contribution in [-0.2, 0) is 18.4 Å². The van der Waals surface area contributed by atoms with Gasteiger partial charge >= 0.3 is 0 Å². The highest BCUT2D eigenvalue weighted by atomic mass is 16.2. The summed E-state index contributed by atoms with van der Waals surface area (Å²) in [4.78, 5) is 21.3. The van der Waals surface area contributed by atoms with E-state index in [1.165, 1.54) is 5.39 Å². The van der Waals surface area contributed by atoms with Crippen LogP contribution in [0.25, 0.3) is 28.0 Å². The highest BCUT2D eigenvalue weighted by molar-refractivity contribution is 5.93. The first-order valence-corrected chi connectivity index (χ1v) is 11.7. The zero-order valence-corrected chi connectivity index (χ0v) is 20.0. The van der Waals surface area contributed by atoms with Crippen molar-refractivity contribution in [2.45, 2.75) is 25.4 Å². The van der Waals surface area contributed by atoms with Crippen molar-refractivity contribution in [2.24, 2.45) is 7.05 Å². The number of nitrogens with one attached hydrogen (secondary N) is 2. The van der Waals surface area contributed by atoms with Gasteiger partial charge < -0.3 is 19.7 Å². The zero-order chi connectivity index (χ0) is 23.7. The van der Waals surface area contributed by atoms with Crippen molar-refractivity contribution < 1.29 is 4.79 Å². The van der Waals surface area contributed by atoms with Crippen molar-refractivity contribution in [3.63, 3.8) is 0 Å². The number of pyridine rings is 1. The maximum atomic E-state index is 12.8. The average molecular weight is 458 g/mol. The predicted molar refractivity (Wildman–Crippen MR) is 136 cm³/mol. The first-order chi connectivity index (χ1) is 16.5. The molecule has 0 radical (unpaired) electrons. The lowest BCUT2D eigenvalue weighted by atomic mass is 10.1. The highest BCUT2D eigenvalue weighted by Gasteiger charge is 2.18. The number of fused-ring (bicyclic) bond motifs is 2. The smallest absolute Gasteiger partial charge is 0.246 e. The van der Waals surface area contributed by atoms with Crippen LogP contribution in [0.1, 0.15) is 24.1 Å². The molecular formula is C26H31N7O. The largest absolute Gasteiger partial charge is 0.365 e. The van der Waals surface area contributed by atoms with E-state index >= 15 is 0 Å². The number of nitrogens with zero attached hydrogens (tertiary/aromatic N) is 5. The number of hydrogen-bond acceptors (Lipinski definition) is 5. The number of likely N-dealkylation sites (N-methyl/N-ethyl adjacent to an activating group) is 1. The zero-order valence-electron chi connectivity index (χ0n) is 20.0. The number of likely N-dealkylation sites (tertiary alicyclic amines) is 1. The Morgan fingerprint density at radius 1 is 1.24 bits per heavy atom. The van der Waals surface area contributed by atoms with E-state index < -0.39 is 0 Å². The minimum Gasteiger partial charge on any atom is -0.365 e. The van der Waals surface area contributed by atoms with Gasteiger partial charge in [-0.1, -0.05) is 18.2 Å². The molecule has 1 saturated heterocycles. The summed E-state index contributed by atoms with van der Waals surface area (Å²) in [6.45, 7) is 2.71. The summed E-state index contributed by atoms with van der Waals surface area (Å²) >= 11 is 0. The van der Waals surface area contributed by atoms with Gasteiger partial charge in [-0.2, -0.15) is 5.10 Å². The first-order valence-electron chi connectivity index (χ1n) is 11.7. The van der Waals surface area contributed by atoms with E-state index in [-0.39, 0.29) is 5.91 Å². The number of amides is 1. The van der Waals surface area contributed by atoms with Gasteiger partial charge in [0.25, 0.3) is 0 Å². The molecule has 176 valence electrons. The van der Waals surface area contributed by atoms with Crippen molar-refractivity contribution in [1.82, 2.24) is 29.5 Å². The van der Waals surface area contributed by atoms with E-state index in [2.05, 4.69) is 55.2 Å². The Kier molecular flexibility index (Phi) is 6.06. The van der Waals surface area contributed by atoms with Crippen LogP contribution in [0.5, 0.6) is 0 Å². The summed E-state index contributed by atoms with van der Waals surface area (Å²) in [5, 5.41) is 13.1. The van der Waals surface area contributed by atoms with Crippen LogP contribution >= 0.6 is 0 Å². The van der Waals surface area contributed by atoms with Gasteiger partial charge in [0, 0.05) is 43.6 Å². The molecule has 5 rings (SSSR count). The Balaban J connectivity index is 1.27. The number of hydrogen-bond donors (Lipinski definition) is 2. The fourth-order valence-electron chi connectivity index (χ4n) is 4.58. The van der Waals surface area contributed by atoms with Gasteiger partial charge in [-0.3, -0.25) is 9.89 Å². The van der Waals surface area contributed by atoms with Crippen LogP contribution in [0.15, 0.2) is 48.7 Å². The molecule has 3 aromatic heterocycles. The summed E-state index contributed by atoms with van der Waals surface area (Å²) < 4.78 is 2.14. The molecule has 0 aliphatic carbocycles. The van der Waals surface area contributed by atoms with E-state index in [0.717, 1.165) is 59.6 Å². The maximum Gasteiger partial charge on any atom is 0.246 e. The summed E-state index contributed by atoms with van der Waals surface area (Å²) in [5.74, 6) is 0.772. The molecule has 0 bridgehead atoms. The molecule has 1 aliphatic heterocycles. The summed E-state index contributed by atoms with van der Waals surface area (Å²) in [6, 6.07) is 12.8. The number of aromatic nitrogens is 4. The van der Waals surface area contributed by atoms with Crippen LogP contribution in [0, 0.1) is 0 Å². The third-order valence-corrected chi connectivity index (χ3v) is 6.74. The lowest BCUT2D eigenvalue weighted by molar-refractivity contribution is -0.125. The van der Waals surface area contributed by atoms with E-state index in [1.807, 2.05) is 38.4 Å². The van der Waals surface area contributed by atoms with Crippen LogP contribution in [-0.4, -0.2) is 68.7 Å². The van der Waals surface area contributed by atoms with Crippen LogP contribution in [0.3, 0.4) is 0 Å². The van der Waals surface area contributed by atoms with Gasteiger partial charge in [0.05, 0.1) is 11.9 Å². The summed E-state index contributed by atoms with van der Waals surface area (Å²) in [6.07, 6.45) is 7.37. The predicted octanol–water partition coefficient (Wildman–Crippen LogP) is 3.63. The van der Waals surface area contributed by atoms with Gasteiger partial charge in [-0.15, -0.1) is 0 Å². The van der Waals surface area contributed by atoms with Crippen LogP contribution in [0.2, 0.25) is 0 Å². The fraction of sp³-hybridized carbons (Fsp3) is 0.346. The topological polar surface area (TPSA) is 82.1 Å². The molecule has 1 fully saturated rings. The fourth-order valence-corrected chi connectivity index (χ4v) is 4.58. The Hall–Kier alpha value is -3.65. The number of carbonyl (C=O) groups is 1. The number of aryl methyl sites for hydroxylation is 1. The third kappa shape index (κ3) is 4.54. The molecular weight excluding hydrogens is 426 g/mol. The number of anilines is 1. The molecule has 4 heterocycles. The quantitative estimate of drug-likeness (QED) is 0.432. The lowest BCUT2D eigenvalue weighted by Gasteiger charge is -2.29. The molecule has 8 nitrogen and oxygen atoms in total. The van der Waals surface area contributed by atoms with Crippen LogP contribution in [0.4, 0.5) is 5.82 Å². The Bertz CT molecular complexity index is 1340. The Labute approximate surface area is 199 Å². The van der Waals surface area contributed by atoms with Gasteiger partial charge in [0.15, 0.2) is 11.5 Å². The number of benzene rings is 1. The lowest BCUT2D eigenvalue weighted by Crippen LogP contribution is -2.36. The van der Waals surface area contributed by atoms with Crippen LogP contribution < -0.4 is 5.32 Å². The number of para-hydroxylation sites is 1. The average Bonchev–Trinajstić information content (AvgIpc) is 3.39. The molecule has 34 heavy (non-hydrogen) atoms. The van der Waals surface area contributed by atoms with Crippen molar-refractivity contribution in [2.75, 3.05) is 32.5 Å². The molecule has 1 aliphatic rings. The standard InChI is InChI=1S/C26H31N7O/c1-31-12-10-20(11-13-31)28-26-22-14-18(16-27-25(22)29-30-26)8-9-24(34)32(2)17-21-15-19-6-4-5-7-23(19)33(21)3/h4-9,14-16,20H,10-13,17H2,1-3H3,(H2,27,28,29,30). The van der Waals surface area contributed by atoms with E-state index in [1.54, 1.807) is 17.2 Å².